The SMILES string of the molecule is CC(C)Oc1ccc(NC(=O)C2CNC(=O)CN2)cc1. The number of nitrogens with one attached hydrogen (secondary N) is 3. The van der Waals surface area contributed by atoms with Gasteiger partial charge in [0.2, 0.25) is 11.8 Å². The van der Waals surface area contributed by atoms with Gasteiger partial charge in [-0.1, -0.05) is 0 Å². The van der Waals surface area contributed by atoms with Gasteiger partial charge in [0.25, 0.3) is 0 Å². The van der Waals surface area contributed by atoms with Gasteiger partial charge in [0.15, 0.2) is 0 Å². The molecule has 1 fully saturated rings. The lowest BCUT2D eigenvalue weighted by atomic mass is 10.2. The van der Waals surface area contributed by atoms with Crippen LogP contribution in [0, 0.1) is 0 Å². The number of rotatable bonds is 4. The molecule has 6 heteroatoms. The fourth-order valence-corrected chi connectivity index (χ4v) is 1.87. The highest BCUT2D eigenvalue weighted by atomic mass is 16.5. The van der Waals surface area contributed by atoms with Crippen LogP contribution in [-0.4, -0.2) is 37.0 Å². The molecule has 0 aliphatic carbocycles. The van der Waals surface area contributed by atoms with Gasteiger partial charge in [-0.05, 0) is 38.1 Å². The van der Waals surface area contributed by atoms with Crippen molar-refractivity contribution in [2.24, 2.45) is 0 Å². The van der Waals surface area contributed by atoms with E-state index in [2.05, 4.69) is 16.0 Å². The van der Waals surface area contributed by atoms with E-state index in [0.29, 0.717) is 12.2 Å². The second-order valence-electron chi connectivity index (χ2n) is 4.92. The average molecular weight is 277 g/mol. The number of carbonyl (C=O) groups is 2. The summed E-state index contributed by atoms with van der Waals surface area (Å²) in [5, 5.41) is 8.32. The molecule has 1 aromatic carbocycles. The molecule has 20 heavy (non-hydrogen) atoms. The Balaban J connectivity index is 1.89. The van der Waals surface area contributed by atoms with Gasteiger partial charge in [0.1, 0.15) is 11.8 Å². The standard InChI is InChI=1S/C14H19N3O3/c1-9(2)20-11-5-3-10(4-6-11)17-14(19)12-7-16-13(18)8-15-12/h3-6,9,12,15H,7-8H2,1-2H3,(H,16,18)(H,17,19). The van der Waals surface area contributed by atoms with Crippen molar-refractivity contribution in [2.75, 3.05) is 18.4 Å². The molecule has 2 amide bonds. The summed E-state index contributed by atoms with van der Waals surface area (Å²) in [6.07, 6.45) is 0.116. The summed E-state index contributed by atoms with van der Waals surface area (Å²) >= 11 is 0. The van der Waals surface area contributed by atoms with Crippen LogP contribution in [0.3, 0.4) is 0 Å². The van der Waals surface area contributed by atoms with Gasteiger partial charge < -0.3 is 15.4 Å². The molecule has 1 aromatic rings. The van der Waals surface area contributed by atoms with Crippen molar-refractivity contribution >= 4 is 17.5 Å². The molecular weight excluding hydrogens is 258 g/mol. The molecule has 1 aliphatic rings. The quantitative estimate of drug-likeness (QED) is 0.749. The summed E-state index contributed by atoms with van der Waals surface area (Å²) in [5.41, 5.74) is 0.699. The van der Waals surface area contributed by atoms with E-state index in [4.69, 9.17) is 4.74 Å². The van der Waals surface area contributed by atoms with Crippen molar-refractivity contribution < 1.29 is 14.3 Å². The zero-order chi connectivity index (χ0) is 14.5. The number of hydrogen-bond donors (Lipinski definition) is 3. The van der Waals surface area contributed by atoms with E-state index in [9.17, 15) is 9.59 Å². The topological polar surface area (TPSA) is 79.5 Å². The first kappa shape index (κ1) is 14.3. The molecule has 0 bridgehead atoms. The van der Waals surface area contributed by atoms with Gasteiger partial charge in [-0.25, -0.2) is 0 Å². The molecule has 1 aliphatic heterocycles. The number of carbonyl (C=O) groups excluding carboxylic acids is 2. The fourth-order valence-electron chi connectivity index (χ4n) is 1.87. The van der Waals surface area contributed by atoms with E-state index in [-0.39, 0.29) is 24.5 Å². The summed E-state index contributed by atoms with van der Waals surface area (Å²) in [6, 6.07) is 6.80. The van der Waals surface area contributed by atoms with Crippen LogP contribution >= 0.6 is 0 Å². The smallest absolute Gasteiger partial charge is 0.243 e. The number of ether oxygens (including phenoxy) is 1. The summed E-state index contributed by atoms with van der Waals surface area (Å²) in [7, 11) is 0. The van der Waals surface area contributed by atoms with E-state index in [1.165, 1.54) is 0 Å². The lowest BCUT2D eigenvalue weighted by Gasteiger charge is -2.23. The van der Waals surface area contributed by atoms with Crippen molar-refractivity contribution in [1.82, 2.24) is 10.6 Å². The van der Waals surface area contributed by atoms with Gasteiger partial charge in [-0.2, -0.15) is 0 Å². The maximum atomic E-state index is 12.0. The molecule has 3 N–H and O–H groups in total. The van der Waals surface area contributed by atoms with E-state index in [1.54, 1.807) is 12.1 Å². The summed E-state index contributed by atoms with van der Waals surface area (Å²) < 4.78 is 5.53. The third-order valence-corrected chi connectivity index (χ3v) is 2.82. The van der Waals surface area contributed by atoms with Crippen molar-refractivity contribution in [3.8, 4) is 5.75 Å². The minimum absolute atomic E-state index is 0.0933. The molecule has 0 spiro atoms. The molecule has 2 rings (SSSR count). The molecule has 1 unspecified atom stereocenters. The highest BCUT2D eigenvalue weighted by Crippen LogP contribution is 2.17. The highest BCUT2D eigenvalue weighted by Gasteiger charge is 2.23. The van der Waals surface area contributed by atoms with Crippen LogP contribution in [0.15, 0.2) is 24.3 Å². The summed E-state index contributed by atoms with van der Waals surface area (Å²) in [4.78, 5) is 23.0. The van der Waals surface area contributed by atoms with E-state index >= 15 is 0 Å². The largest absolute Gasteiger partial charge is 0.491 e. The molecule has 1 atom stereocenters. The Labute approximate surface area is 117 Å². The van der Waals surface area contributed by atoms with Crippen LogP contribution in [0.25, 0.3) is 0 Å². The maximum Gasteiger partial charge on any atom is 0.243 e. The van der Waals surface area contributed by atoms with Crippen LogP contribution in [0.4, 0.5) is 5.69 Å². The Bertz CT molecular complexity index is 475. The monoisotopic (exact) mass is 277 g/mol. The van der Waals surface area contributed by atoms with Crippen LogP contribution in [0.2, 0.25) is 0 Å². The van der Waals surface area contributed by atoms with Crippen molar-refractivity contribution in [1.29, 1.82) is 0 Å². The summed E-state index contributed by atoms with van der Waals surface area (Å²) in [5.74, 6) is 0.507. The Hall–Kier alpha value is -2.08. The first-order valence-electron chi connectivity index (χ1n) is 6.62. The van der Waals surface area contributed by atoms with Crippen LogP contribution in [0.5, 0.6) is 5.75 Å². The average Bonchev–Trinajstić information content (AvgIpc) is 2.41. The van der Waals surface area contributed by atoms with Crippen molar-refractivity contribution in [3.63, 3.8) is 0 Å². The maximum absolute atomic E-state index is 12.0. The molecule has 0 saturated carbocycles. The Morgan fingerprint density at radius 1 is 1.35 bits per heavy atom. The predicted molar refractivity (Wildman–Crippen MR) is 75.6 cm³/mol. The lowest BCUT2D eigenvalue weighted by Crippen LogP contribution is -2.56. The van der Waals surface area contributed by atoms with Gasteiger partial charge in [-0.3, -0.25) is 14.9 Å². The number of amides is 2. The minimum Gasteiger partial charge on any atom is -0.491 e. The van der Waals surface area contributed by atoms with Gasteiger partial charge in [0, 0.05) is 12.2 Å². The zero-order valence-electron chi connectivity index (χ0n) is 11.6. The van der Waals surface area contributed by atoms with Gasteiger partial charge in [0.05, 0.1) is 12.6 Å². The van der Waals surface area contributed by atoms with Gasteiger partial charge in [-0.15, -0.1) is 0 Å². The van der Waals surface area contributed by atoms with E-state index in [0.717, 1.165) is 5.75 Å². The van der Waals surface area contributed by atoms with Gasteiger partial charge >= 0.3 is 0 Å². The Kier molecular flexibility index (Phi) is 4.57. The lowest BCUT2D eigenvalue weighted by molar-refractivity contribution is -0.124. The molecule has 1 heterocycles. The van der Waals surface area contributed by atoms with Crippen molar-refractivity contribution in [2.45, 2.75) is 26.0 Å². The molecule has 0 radical (unpaired) electrons. The third-order valence-electron chi connectivity index (χ3n) is 2.82. The molecule has 6 nitrogen and oxygen atoms in total. The van der Waals surface area contributed by atoms with Crippen molar-refractivity contribution in [3.05, 3.63) is 24.3 Å². The van der Waals surface area contributed by atoms with E-state index < -0.39 is 6.04 Å². The van der Waals surface area contributed by atoms with Crippen LogP contribution in [0.1, 0.15) is 13.8 Å². The Morgan fingerprint density at radius 3 is 2.60 bits per heavy atom. The predicted octanol–water partition coefficient (Wildman–Crippen LogP) is 0.500. The third kappa shape index (κ3) is 3.96. The second kappa shape index (κ2) is 6.38. The summed E-state index contributed by atoms with van der Waals surface area (Å²) in [6.45, 7) is 4.38. The zero-order valence-corrected chi connectivity index (χ0v) is 11.6. The highest BCUT2D eigenvalue weighted by molar-refractivity contribution is 5.96. The molecule has 0 aromatic heterocycles. The second-order valence-corrected chi connectivity index (χ2v) is 4.92. The minimum atomic E-state index is -0.403. The van der Waals surface area contributed by atoms with Crippen LogP contribution in [-0.2, 0) is 9.59 Å². The Morgan fingerprint density at radius 2 is 2.05 bits per heavy atom. The van der Waals surface area contributed by atoms with Crippen LogP contribution < -0.4 is 20.7 Å². The first-order valence-corrected chi connectivity index (χ1v) is 6.62. The molecular formula is C14H19N3O3. The number of benzene rings is 1. The molecule has 1 saturated heterocycles. The normalized spacial score (nSPS) is 18.6. The molecule has 108 valence electrons. The van der Waals surface area contributed by atoms with E-state index in [1.807, 2.05) is 26.0 Å². The fraction of sp³-hybridized carbons (Fsp3) is 0.429. The number of hydrogen-bond acceptors (Lipinski definition) is 4. The number of piperazine rings is 1. The first-order chi connectivity index (χ1) is 9.54. The number of anilines is 1.